The van der Waals surface area contributed by atoms with Gasteiger partial charge in [0.15, 0.2) is 5.03 Å². The number of hydrogen-bond acceptors (Lipinski definition) is 13. The normalized spacial score (nSPS) is 18.0. The minimum atomic E-state index is -1.47. The van der Waals surface area contributed by atoms with E-state index in [4.69, 9.17) is 22.2 Å². The van der Waals surface area contributed by atoms with Gasteiger partial charge in [-0.3, -0.25) is 33.7 Å². The number of aliphatic hydroxyl groups is 1. The Morgan fingerprint density at radius 3 is 2.44 bits per heavy atom. The number of guanidine groups is 1. The molecule has 0 saturated carbocycles. The van der Waals surface area contributed by atoms with Crippen molar-refractivity contribution in [3.05, 3.63) is 69.3 Å². The fourth-order valence-electron chi connectivity index (χ4n) is 7.24. The van der Waals surface area contributed by atoms with Crippen LogP contribution < -0.4 is 43.9 Å². The lowest BCUT2D eigenvalue weighted by Crippen LogP contribution is -2.58. The molecule has 2 aromatic carbocycles. The van der Waals surface area contributed by atoms with Gasteiger partial charge >= 0.3 is 0 Å². The van der Waals surface area contributed by atoms with Crippen molar-refractivity contribution in [3.63, 3.8) is 0 Å². The molecule has 0 spiro atoms. The zero-order valence-electron chi connectivity index (χ0n) is 34.0. The number of likely N-dealkylation sites (tertiary alicyclic amines) is 1. The summed E-state index contributed by atoms with van der Waals surface area (Å²) < 4.78 is 0. The number of rotatable bonds is 19. The summed E-state index contributed by atoms with van der Waals surface area (Å²) in [6.07, 6.45) is 0.659. The van der Waals surface area contributed by atoms with E-state index < -0.39 is 70.9 Å². The average molecular weight is 848 g/mol. The van der Waals surface area contributed by atoms with Gasteiger partial charge in [0, 0.05) is 30.9 Å². The molecule has 6 amide bonds. The first kappa shape index (κ1) is 45.6. The number of anilines is 1. The summed E-state index contributed by atoms with van der Waals surface area (Å²) in [5, 5.41) is 31.1. The number of aliphatic imine (C=N–C) groups is 2. The van der Waals surface area contributed by atoms with Crippen LogP contribution in [0.4, 0.5) is 11.4 Å². The van der Waals surface area contributed by atoms with Crippen LogP contribution >= 0.6 is 0 Å². The fourth-order valence-corrected chi connectivity index (χ4v) is 7.24. The van der Waals surface area contributed by atoms with E-state index in [1.165, 1.54) is 11.8 Å². The van der Waals surface area contributed by atoms with Gasteiger partial charge in [-0.2, -0.15) is 0 Å². The van der Waals surface area contributed by atoms with Crippen LogP contribution in [0.2, 0.25) is 0 Å². The molecular weight excluding hydrogens is 795 g/mol. The lowest BCUT2D eigenvalue weighted by molar-refractivity contribution is -0.525. The predicted octanol–water partition coefficient (Wildman–Crippen LogP) is -1.15. The number of aliphatic hydroxyl groups excluding tert-OH is 1. The summed E-state index contributed by atoms with van der Waals surface area (Å²) in [6.45, 7) is 3.63. The smallest absolute Gasteiger partial charge is 0.260 e. The van der Waals surface area contributed by atoms with Crippen molar-refractivity contribution in [2.24, 2.45) is 27.2 Å². The molecular formula is C39H53N13O9. The third-order valence-electron chi connectivity index (χ3n) is 10.4. The number of hydrogen-bond donors (Lipinski definition) is 9. The van der Waals surface area contributed by atoms with E-state index in [2.05, 4.69) is 26.3 Å². The number of carbonyl (C=O) groups is 6. The van der Waals surface area contributed by atoms with Crippen molar-refractivity contribution in [2.45, 2.75) is 102 Å². The lowest BCUT2D eigenvalue weighted by atomic mass is 10.0. The Morgan fingerprint density at radius 2 is 1.74 bits per heavy atom. The highest BCUT2D eigenvalue weighted by atomic mass is 16.7. The van der Waals surface area contributed by atoms with Crippen LogP contribution in [0.15, 0.2) is 52.4 Å². The molecule has 3 aliphatic rings. The number of fused-ring (bicyclic) bond motifs is 4. The Morgan fingerprint density at radius 1 is 1.00 bits per heavy atom. The van der Waals surface area contributed by atoms with Crippen LogP contribution in [-0.2, 0) is 30.5 Å². The Balaban J connectivity index is 1.23. The van der Waals surface area contributed by atoms with E-state index in [0.717, 1.165) is 5.56 Å². The quantitative estimate of drug-likeness (QED) is 0.0266. The van der Waals surface area contributed by atoms with E-state index in [9.17, 15) is 44.0 Å². The number of amides is 6. The van der Waals surface area contributed by atoms with Crippen molar-refractivity contribution >= 4 is 58.6 Å². The number of carbonyl (C=O) groups excluding carboxylic acids is 6. The summed E-state index contributed by atoms with van der Waals surface area (Å²) in [5.41, 5.74) is 21.8. The maximum absolute atomic E-state index is 13.9. The minimum Gasteiger partial charge on any atom is -0.391 e. The molecule has 1 saturated heterocycles. The second-order valence-corrected chi connectivity index (χ2v) is 15.1. The second-order valence-electron chi connectivity index (χ2n) is 15.1. The summed E-state index contributed by atoms with van der Waals surface area (Å²) >= 11 is 0. The highest BCUT2D eigenvalue weighted by Gasteiger charge is 2.39. The minimum absolute atomic E-state index is 0.0640. The number of unbranched alkanes of at least 4 members (excludes halogenated alkanes) is 1. The molecule has 0 aromatic heterocycles. The molecule has 12 N–H and O–H groups in total. The Bertz CT molecular complexity index is 2070. The van der Waals surface area contributed by atoms with E-state index in [1.807, 2.05) is 12.1 Å². The average Bonchev–Trinajstić information content (AvgIpc) is 3.82. The predicted molar refractivity (Wildman–Crippen MR) is 222 cm³/mol. The van der Waals surface area contributed by atoms with Crippen LogP contribution in [0.3, 0.4) is 0 Å². The van der Waals surface area contributed by atoms with Crippen LogP contribution in [0.5, 0.6) is 0 Å². The van der Waals surface area contributed by atoms with Crippen molar-refractivity contribution < 1.29 is 38.9 Å². The highest BCUT2D eigenvalue weighted by Crippen LogP contribution is 2.35. The molecule has 2 aromatic rings. The molecule has 6 atom stereocenters. The largest absolute Gasteiger partial charge is 0.391 e. The van der Waals surface area contributed by atoms with E-state index in [0.29, 0.717) is 54.0 Å². The second kappa shape index (κ2) is 20.6. The number of nitrogens with one attached hydrogen (secondary N) is 5. The van der Waals surface area contributed by atoms with Gasteiger partial charge in [-0.05, 0) is 88.6 Å². The van der Waals surface area contributed by atoms with Gasteiger partial charge in [0.2, 0.25) is 29.5 Å². The van der Waals surface area contributed by atoms with Crippen molar-refractivity contribution in [1.82, 2.24) is 31.2 Å². The van der Waals surface area contributed by atoms with Gasteiger partial charge in [-0.15, -0.1) is 0 Å². The standard InChI is InChI=1S/C39H53N13O9/c1-21(40)33(54)43-16-6-5-12-29(47-35(56)30-13-8-18-50(30)38(59)27(41)11-7-17-44-39(42)49-52(60)61)34(55)48-31(22(2)53)36(57)45-24-14-15-28-23(19-24)20-51-32(46-28)25-9-3-4-10-26(25)37(51)58/h3-4,9-10,14-15,19,21-22,27,29-31,53H,5-8,11-13,16-18,20,40-41H2,1-2H3,(H,43,54)(H,45,57)(H,47,56)(H,48,55)(H3,42,44,49)/t21-,22+,27-,29-,30-,31-/m0/s1. The van der Waals surface area contributed by atoms with Gasteiger partial charge in [0.1, 0.15) is 24.0 Å². The SMILES string of the molecule is C[C@H](N)C(=O)NCCCC[C@H](NC(=O)[C@@H]1CCCN1C(=O)[C@@H](N)CCCN=C(N)N[N+](=O)[O-])C(=O)N[C@H](C(=O)Nc1ccc2c(c1)CN1C(=O)c3ccccc3C1=N2)[C@@H](C)O. The summed E-state index contributed by atoms with van der Waals surface area (Å²) in [5.74, 6) is -3.03. The molecule has 3 heterocycles. The fraction of sp³-hybridized carbons (Fsp3) is 0.487. The first-order valence-electron chi connectivity index (χ1n) is 20.1. The number of amidine groups is 1. The molecule has 22 nitrogen and oxygen atoms in total. The highest BCUT2D eigenvalue weighted by molar-refractivity contribution is 6.24. The molecule has 0 bridgehead atoms. The van der Waals surface area contributed by atoms with E-state index >= 15 is 0 Å². The summed E-state index contributed by atoms with van der Waals surface area (Å²) in [7, 11) is 0. The molecule has 0 aliphatic carbocycles. The van der Waals surface area contributed by atoms with Crippen molar-refractivity contribution in [1.29, 1.82) is 0 Å². The van der Waals surface area contributed by atoms with Crippen LogP contribution in [0.25, 0.3) is 0 Å². The molecule has 0 unspecified atom stereocenters. The van der Waals surface area contributed by atoms with Gasteiger partial charge in [0.25, 0.3) is 11.9 Å². The first-order valence-corrected chi connectivity index (χ1v) is 20.1. The monoisotopic (exact) mass is 847 g/mol. The maximum atomic E-state index is 13.9. The topological polar surface area (TPSA) is 335 Å². The van der Waals surface area contributed by atoms with Crippen LogP contribution in [0.1, 0.15) is 80.3 Å². The molecule has 1 fully saturated rings. The molecule has 0 radical (unpaired) electrons. The van der Waals surface area contributed by atoms with E-state index in [1.54, 1.807) is 47.6 Å². The summed E-state index contributed by atoms with van der Waals surface area (Å²) in [6, 6.07) is 6.81. The third kappa shape index (κ3) is 11.6. The Kier molecular flexibility index (Phi) is 15.4. The van der Waals surface area contributed by atoms with Gasteiger partial charge < -0.3 is 48.5 Å². The van der Waals surface area contributed by atoms with Gasteiger partial charge in [0.05, 0.1) is 36.0 Å². The lowest BCUT2D eigenvalue weighted by Gasteiger charge is -2.29. The third-order valence-corrected chi connectivity index (χ3v) is 10.4. The van der Waals surface area contributed by atoms with Crippen LogP contribution in [-0.4, -0.2) is 123 Å². The molecule has 3 aliphatic heterocycles. The Hall–Kier alpha value is -6.52. The zero-order valence-corrected chi connectivity index (χ0v) is 34.0. The number of benzene rings is 2. The number of nitrogens with zero attached hydrogens (tertiary/aromatic N) is 5. The molecule has 61 heavy (non-hydrogen) atoms. The molecule has 328 valence electrons. The number of nitrogens with two attached hydrogens (primary N) is 3. The maximum Gasteiger partial charge on any atom is 0.260 e. The number of hydrazine groups is 1. The molecule has 22 heteroatoms. The first-order chi connectivity index (χ1) is 29.0. The Labute approximate surface area is 351 Å². The van der Waals surface area contributed by atoms with Gasteiger partial charge in [-0.25, -0.2) is 20.1 Å². The van der Waals surface area contributed by atoms with Crippen LogP contribution in [0, 0.1) is 10.1 Å². The summed E-state index contributed by atoms with van der Waals surface area (Å²) in [4.78, 5) is 102. The van der Waals surface area contributed by atoms with Crippen molar-refractivity contribution in [3.8, 4) is 0 Å². The van der Waals surface area contributed by atoms with Gasteiger partial charge in [-0.1, -0.05) is 23.6 Å². The number of nitro groups is 1. The zero-order chi connectivity index (χ0) is 44.4. The van der Waals surface area contributed by atoms with Crippen molar-refractivity contribution in [2.75, 3.05) is 25.0 Å². The molecule has 5 rings (SSSR count). The van der Waals surface area contributed by atoms with E-state index in [-0.39, 0.29) is 57.3 Å².